The predicted octanol–water partition coefficient (Wildman–Crippen LogP) is 5.28. The zero-order valence-electron chi connectivity index (χ0n) is 14.3. The minimum absolute atomic E-state index is 0.0993. The summed E-state index contributed by atoms with van der Waals surface area (Å²) in [7, 11) is 0. The standard InChI is InChI=1S/C14H10ClF3N2.C4H11N/c1-13(14(16,17)18)9-3-2-6-19-12(9)20-11-5-4-8(15)7-10(11)13;1-3-5-4-2/h2-7H,1H3,(H,19,20);5H,3-4H2,1-2H3. The first-order valence-corrected chi connectivity index (χ1v) is 8.43. The molecule has 0 aliphatic carbocycles. The maximum atomic E-state index is 13.7. The summed E-state index contributed by atoms with van der Waals surface area (Å²) in [5.41, 5.74) is -1.55. The van der Waals surface area contributed by atoms with Gasteiger partial charge in [0.15, 0.2) is 0 Å². The van der Waals surface area contributed by atoms with Gasteiger partial charge < -0.3 is 10.6 Å². The lowest BCUT2D eigenvalue weighted by Crippen LogP contribution is -2.43. The molecule has 0 amide bonds. The molecular formula is C18H21ClF3N3. The summed E-state index contributed by atoms with van der Waals surface area (Å²) < 4.78 is 41.1. The molecule has 1 unspecified atom stereocenters. The largest absolute Gasteiger partial charge is 0.402 e. The molecule has 1 aliphatic rings. The van der Waals surface area contributed by atoms with E-state index in [0.29, 0.717) is 5.69 Å². The molecule has 2 aromatic rings. The molecule has 7 heteroatoms. The van der Waals surface area contributed by atoms with Gasteiger partial charge in [-0.15, -0.1) is 0 Å². The van der Waals surface area contributed by atoms with Crippen LogP contribution in [-0.4, -0.2) is 24.2 Å². The molecule has 2 heterocycles. The maximum Gasteiger partial charge on any atom is 0.402 e. The number of fused-ring (bicyclic) bond motifs is 2. The number of rotatable bonds is 2. The third-order valence-corrected chi connectivity index (χ3v) is 4.42. The van der Waals surface area contributed by atoms with Gasteiger partial charge in [-0.25, -0.2) is 4.98 Å². The molecule has 1 aliphatic heterocycles. The van der Waals surface area contributed by atoms with Gasteiger partial charge in [-0.3, -0.25) is 0 Å². The topological polar surface area (TPSA) is 37.0 Å². The molecule has 1 aromatic carbocycles. The highest BCUT2D eigenvalue weighted by atomic mass is 35.5. The van der Waals surface area contributed by atoms with E-state index in [1.165, 1.54) is 24.4 Å². The zero-order valence-corrected chi connectivity index (χ0v) is 15.1. The highest BCUT2D eigenvalue weighted by Gasteiger charge is 2.57. The van der Waals surface area contributed by atoms with Crippen LogP contribution in [0.1, 0.15) is 31.9 Å². The van der Waals surface area contributed by atoms with Crippen molar-refractivity contribution in [2.24, 2.45) is 0 Å². The van der Waals surface area contributed by atoms with Crippen LogP contribution >= 0.6 is 11.6 Å². The maximum absolute atomic E-state index is 13.7. The molecular weight excluding hydrogens is 351 g/mol. The molecule has 3 rings (SSSR count). The SMILES string of the molecule is CC1(C(F)(F)F)c2cc(Cl)ccc2Nc2ncccc21.CCNCC. The Balaban J connectivity index is 0.000000399. The number of hydrogen-bond acceptors (Lipinski definition) is 3. The smallest absolute Gasteiger partial charge is 0.340 e. The fraction of sp³-hybridized carbons (Fsp3) is 0.389. The first-order chi connectivity index (χ1) is 11.8. The number of nitrogens with zero attached hydrogens (tertiary/aromatic N) is 1. The Bertz CT molecular complexity index is 732. The Kier molecular flexibility index (Phi) is 5.95. The fourth-order valence-electron chi connectivity index (χ4n) is 2.78. The van der Waals surface area contributed by atoms with Crippen molar-refractivity contribution in [3.63, 3.8) is 0 Å². The molecule has 3 nitrogen and oxygen atoms in total. The normalized spacial score (nSPS) is 18.4. The molecule has 0 saturated heterocycles. The van der Waals surface area contributed by atoms with Gasteiger partial charge in [0, 0.05) is 22.5 Å². The second kappa shape index (κ2) is 7.62. The van der Waals surface area contributed by atoms with E-state index in [4.69, 9.17) is 11.6 Å². The summed E-state index contributed by atoms with van der Waals surface area (Å²) in [5, 5.41) is 6.31. The number of alkyl halides is 3. The van der Waals surface area contributed by atoms with Crippen molar-refractivity contribution in [1.29, 1.82) is 0 Å². The van der Waals surface area contributed by atoms with Gasteiger partial charge in [0.1, 0.15) is 11.2 Å². The van der Waals surface area contributed by atoms with Gasteiger partial charge in [0.2, 0.25) is 0 Å². The summed E-state index contributed by atoms with van der Waals surface area (Å²) in [6.07, 6.45) is -2.99. The van der Waals surface area contributed by atoms with E-state index in [0.717, 1.165) is 20.0 Å². The monoisotopic (exact) mass is 371 g/mol. The van der Waals surface area contributed by atoms with Crippen LogP contribution in [0.4, 0.5) is 24.7 Å². The van der Waals surface area contributed by atoms with Crippen LogP contribution in [-0.2, 0) is 5.41 Å². The van der Waals surface area contributed by atoms with Crippen molar-refractivity contribution < 1.29 is 13.2 Å². The van der Waals surface area contributed by atoms with Crippen molar-refractivity contribution >= 4 is 23.1 Å². The Morgan fingerprint density at radius 3 is 2.40 bits per heavy atom. The molecule has 1 atom stereocenters. The van der Waals surface area contributed by atoms with E-state index in [-0.39, 0.29) is 22.0 Å². The Morgan fingerprint density at radius 1 is 1.16 bits per heavy atom. The summed E-state index contributed by atoms with van der Waals surface area (Å²) in [5.74, 6) is 0.224. The van der Waals surface area contributed by atoms with Gasteiger partial charge >= 0.3 is 6.18 Å². The number of aromatic nitrogens is 1. The van der Waals surface area contributed by atoms with Crippen molar-refractivity contribution in [1.82, 2.24) is 10.3 Å². The second-order valence-corrected chi connectivity index (χ2v) is 6.23. The number of hydrogen-bond donors (Lipinski definition) is 2. The Morgan fingerprint density at radius 2 is 1.84 bits per heavy atom. The van der Waals surface area contributed by atoms with Crippen LogP contribution in [0.15, 0.2) is 36.5 Å². The van der Waals surface area contributed by atoms with Gasteiger partial charge in [0.25, 0.3) is 0 Å². The third kappa shape index (κ3) is 3.75. The van der Waals surface area contributed by atoms with Gasteiger partial charge in [-0.05, 0) is 49.8 Å². The van der Waals surface area contributed by atoms with Crippen LogP contribution in [0.2, 0.25) is 5.02 Å². The average Bonchev–Trinajstić information content (AvgIpc) is 2.56. The van der Waals surface area contributed by atoms with Crippen LogP contribution in [0.25, 0.3) is 0 Å². The summed E-state index contributed by atoms with van der Waals surface area (Å²) >= 11 is 5.87. The second-order valence-electron chi connectivity index (χ2n) is 5.79. The van der Waals surface area contributed by atoms with E-state index < -0.39 is 11.6 Å². The zero-order chi connectivity index (χ0) is 18.7. The molecule has 0 saturated carbocycles. The molecule has 1 aromatic heterocycles. The van der Waals surface area contributed by atoms with Crippen LogP contribution in [0.3, 0.4) is 0 Å². The van der Waals surface area contributed by atoms with Crippen molar-refractivity contribution in [3.8, 4) is 0 Å². The van der Waals surface area contributed by atoms with Crippen LogP contribution in [0, 0.1) is 0 Å². The molecule has 25 heavy (non-hydrogen) atoms. The lowest BCUT2D eigenvalue weighted by molar-refractivity contribution is -0.173. The number of benzene rings is 1. The van der Waals surface area contributed by atoms with Gasteiger partial charge in [-0.1, -0.05) is 31.5 Å². The van der Waals surface area contributed by atoms with E-state index in [2.05, 4.69) is 29.5 Å². The number of halogens is 4. The van der Waals surface area contributed by atoms with Crippen molar-refractivity contribution in [2.45, 2.75) is 32.4 Å². The average molecular weight is 372 g/mol. The first kappa shape index (κ1) is 19.5. The van der Waals surface area contributed by atoms with Gasteiger partial charge in [0.05, 0.1) is 0 Å². The van der Waals surface area contributed by atoms with Crippen LogP contribution in [0.5, 0.6) is 0 Å². The fourth-order valence-corrected chi connectivity index (χ4v) is 2.95. The lowest BCUT2D eigenvalue weighted by Gasteiger charge is -2.39. The Labute approximate surface area is 150 Å². The highest BCUT2D eigenvalue weighted by molar-refractivity contribution is 6.30. The van der Waals surface area contributed by atoms with Crippen molar-refractivity contribution in [2.75, 3.05) is 18.4 Å². The van der Waals surface area contributed by atoms with Gasteiger partial charge in [-0.2, -0.15) is 13.2 Å². The molecule has 0 bridgehead atoms. The summed E-state index contributed by atoms with van der Waals surface area (Å²) in [4.78, 5) is 4.01. The van der Waals surface area contributed by atoms with E-state index in [1.54, 1.807) is 12.1 Å². The third-order valence-electron chi connectivity index (χ3n) is 4.19. The Hall–Kier alpha value is -1.79. The number of nitrogens with one attached hydrogen (secondary N) is 2. The highest BCUT2D eigenvalue weighted by Crippen LogP contribution is 2.53. The number of anilines is 2. The van der Waals surface area contributed by atoms with E-state index in [1.807, 2.05) is 0 Å². The quantitative estimate of drug-likeness (QED) is 0.754. The molecule has 0 radical (unpaired) electrons. The summed E-state index contributed by atoms with van der Waals surface area (Å²) in [6.45, 7) is 7.55. The molecule has 0 fully saturated rings. The molecule has 2 N–H and O–H groups in total. The van der Waals surface area contributed by atoms with E-state index in [9.17, 15) is 13.2 Å². The van der Waals surface area contributed by atoms with Crippen LogP contribution < -0.4 is 10.6 Å². The minimum atomic E-state index is -4.45. The molecule has 0 spiro atoms. The minimum Gasteiger partial charge on any atom is -0.340 e. The first-order valence-electron chi connectivity index (χ1n) is 8.05. The summed E-state index contributed by atoms with van der Waals surface area (Å²) in [6, 6.07) is 7.39. The molecule has 136 valence electrons. The van der Waals surface area contributed by atoms with E-state index >= 15 is 0 Å². The van der Waals surface area contributed by atoms with Crippen molar-refractivity contribution in [3.05, 3.63) is 52.7 Å². The lowest BCUT2D eigenvalue weighted by atomic mass is 9.73. The predicted molar refractivity (Wildman–Crippen MR) is 95.7 cm³/mol. The number of pyridine rings is 1.